The molecule has 2 aromatic heterocycles. The fourth-order valence-corrected chi connectivity index (χ4v) is 2.00. The fraction of sp³-hybridized carbons (Fsp3) is 0.273. The zero-order chi connectivity index (χ0) is 13.3. The Hall–Kier alpha value is -1.46. The molecule has 7 heteroatoms. The van der Waals surface area contributed by atoms with E-state index in [2.05, 4.69) is 15.5 Å². The number of aromatic amines is 1. The Labute approximate surface area is 114 Å². The zero-order valence-electron chi connectivity index (χ0n) is 9.92. The Morgan fingerprint density at radius 1 is 1.56 bits per heavy atom. The summed E-state index contributed by atoms with van der Waals surface area (Å²) in [5.41, 5.74) is 1.33. The number of nitrogens with zero attached hydrogens (tertiary/aromatic N) is 2. The predicted molar refractivity (Wildman–Crippen MR) is 71.4 cm³/mol. The van der Waals surface area contributed by atoms with E-state index in [9.17, 15) is 4.79 Å². The van der Waals surface area contributed by atoms with Gasteiger partial charge in [0, 0.05) is 12.6 Å². The van der Waals surface area contributed by atoms with Crippen LogP contribution in [0.4, 0.5) is 5.82 Å². The van der Waals surface area contributed by atoms with Crippen molar-refractivity contribution in [1.82, 2.24) is 14.8 Å². The molecule has 5 nitrogen and oxygen atoms in total. The van der Waals surface area contributed by atoms with E-state index in [1.54, 1.807) is 13.2 Å². The maximum Gasteiger partial charge on any atom is 0.273 e. The molecular formula is C11H12Cl2N4O. The van der Waals surface area contributed by atoms with Crippen LogP contribution in [0, 0.1) is 0 Å². The van der Waals surface area contributed by atoms with Crippen LogP contribution in [-0.4, -0.2) is 20.7 Å². The third kappa shape index (κ3) is 2.23. The Morgan fingerprint density at radius 2 is 2.28 bits per heavy atom. The van der Waals surface area contributed by atoms with E-state index in [0.717, 1.165) is 12.0 Å². The summed E-state index contributed by atoms with van der Waals surface area (Å²) >= 11 is 11.8. The number of hydrogen-bond acceptors (Lipinski definition) is 2. The molecular weight excluding hydrogens is 275 g/mol. The first kappa shape index (κ1) is 13.0. The standard InChI is InChI=1S/C11H12Cl2N4O/c1-3-6-5-14-16-10(6)15-11(18)8-4-7(12)9(13)17(8)2/h4-5H,3H2,1-2H3,(H2,14,15,16,18). The minimum Gasteiger partial charge on any atom is -0.329 e. The monoisotopic (exact) mass is 286 g/mol. The lowest BCUT2D eigenvalue weighted by Gasteiger charge is -2.06. The molecule has 0 radical (unpaired) electrons. The van der Waals surface area contributed by atoms with Gasteiger partial charge >= 0.3 is 0 Å². The van der Waals surface area contributed by atoms with E-state index in [0.29, 0.717) is 21.7 Å². The first-order chi connectivity index (χ1) is 8.54. The molecule has 0 aliphatic rings. The molecule has 2 heterocycles. The average Bonchev–Trinajstić information content (AvgIpc) is 2.89. The number of nitrogens with one attached hydrogen (secondary N) is 2. The number of anilines is 1. The fourth-order valence-electron chi connectivity index (χ4n) is 1.63. The smallest absolute Gasteiger partial charge is 0.273 e. The number of amides is 1. The molecule has 0 saturated carbocycles. The molecule has 0 aliphatic heterocycles. The van der Waals surface area contributed by atoms with Crippen LogP contribution in [0.5, 0.6) is 0 Å². The Balaban J connectivity index is 2.25. The van der Waals surface area contributed by atoms with E-state index >= 15 is 0 Å². The van der Waals surface area contributed by atoms with E-state index in [1.807, 2.05) is 6.92 Å². The zero-order valence-corrected chi connectivity index (χ0v) is 11.4. The summed E-state index contributed by atoms with van der Waals surface area (Å²) in [5.74, 6) is 0.307. The summed E-state index contributed by atoms with van der Waals surface area (Å²) in [6.45, 7) is 1.98. The molecule has 0 saturated heterocycles. The van der Waals surface area contributed by atoms with Crippen molar-refractivity contribution in [2.24, 2.45) is 7.05 Å². The van der Waals surface area contributed by atoms with Gasteiger partial charge in [-0.1, -0.05) is 30.1 Å². The number of hydrogen-bond donors (Lipinski definition) is 2. The molecule has 96 valence electrons. The second-order valence-electron chi connectivity index (χ2n) is 3.81. The molecule has 0 bridgehead atoms. The summed E-state index contributed by atoms with van der Waals surface area (Å²) in [7, 11) is 1.68. The summed E-state index contributed by atoms with van der Waals surface area (Å²) in [6.07, 6.45) is 2.46. The number of aromatic nitrogens is 3. The quantitative estimate of drug-likeness (QED) is 0.911. The van der Waals surface area contributed by atoms with Crippen LogP contribution in [-0.2, 0) is 13.5 Å². The molecule has 0 spiro atoms. The minimum atomic E-state index is -0.287. The Morgan fingerprint density at radius 3 is 2.83 bits per heavy atom. The highest BCUT2D eigenvalue weighted by molar-refractivity contribution is 6.42. The Kier molecular flexibility index (Phi) is 3.63. The highest BCUT2D eigenvalue weighted by Gasteiger charge is 2.17. The molecule has 2 rings (SSSR count). The average molecular weight is 287 g/mol. The van der Waals surface area contributed by atoms with Crippen LogP contribution in [0.1, 0.15) is 23.0 Å². The van der Waals surface area contributed by atoms with Gasteiger partial charge in [-0.15, -0.1) is 0 Å². The van der Waals surface area contributed by atoms with Crippen molar-refractivity contribution < 1.29 is 4.79 Å². The van der Waals surface area contributed by atoms with Crippen molar-refractivity contribution in [2.75, 3.05) is 5.32 Å². The SMILES string of the molecule is CCc1cn[nH]c1NC(=O)c1cc(Cl)c(Cl)n1C. The molecule has 0 unspecified atom stereocenters. The lowest BCUT2D eigenvalue weighted by atomic mass is 10.2. The first-order valence-electron chi connectivity index (χ1n) is 5.39. The van der Waals surface area contributed by atoms with Crippen LogP contribution in [0.2, 0.25) is 10.2 Å². The van der Waals surface area contributed by atoms with E-state index in [-0.39, 0.29) is 5.91 Å². The molecule has 0 aromatic carbocycles. The molecule has 18 heavy (non-hydrogen) atoms. The van der Waals surface area contributed by atoms with E-state index in [4.69, 9.17) is 23.2 Å². The van der Waals surface area contributed by atoms with Crippen molar-refractivity contribution in [1.29, 1.82) is 0 Å². The normalized spacial score (nSPS) is 10.7. The van der Waals surface area contributed by atoms with Crippen LogP contribution in [0.3, 0.4) is 0 Å². The number of H-pyrrole nitrogens is 1. The third-order valence-corrected chi connectivity index (χ3v) is 3.53. The molecule has 0 fully saturated rings. The number of aryl methyl sites for hydroxylation is 1. The third-order valence-electron chi connectivity index (χ3n) is 2.69. The maximum atomic E-state index is 12.1. The van der Waals surface area contributed by atoms with Crippen molar-refractivity contribution in [3.8, 4) is 0 Å². The number of rotatable bonds is 3. The number of halogens is 2. The van der Waals surface area contributed by atoms with Gasteiger partial charge < -0.3 is 9.88 Å². The highest BCUT2D eigenvalue weighted by Crippen LogP contribution is 2.25. The van der Waals surface area contributed by atoms with Gasteiger partial charge in [0.1, 0.15) is 16.7 Å². The number of carbonyl (C=O) groups is 1. The van der Waals surface area contributed by atoms with E-state index < -0.39 is 0 Å². The Bertz CT molecular complexity index is 588. The topological polar surface area (TPSA) is 62.7 Å². The van der Waals surface area contributed by atoms with Crippen LogP contribution < -0.4 is 5.32 Å². The maximum absolute atomic E-state index is 12.1. The van der Waals surface area contributed by atoms with Gasteiger partial charge in [-0.25, -0.2) is 0 Å². The van der Waals surface area contributed by atoms with Gasteiger partial charge in [-0.2, -0.15) is 5.10 Å². The second-order valence-corrected chi connectivity index (χ2v) is 4.57. The molecule has 2 N–H and O–H groups in total. The minimum absolute atomic E-state index is 0.287. The lowest BCUT2D eigenvalue weighted by Crippen LogP contribution is -2.16. The summed E-state index contributed by atoms with van der Waals surface area (Å²) in [5, 5.41) is 10.1. The summed E-state index contributed by atoms with van der Waals surface area (Å²) in [4.78, 5) is 12.1. The van der Waals surface area contributed by atoms with Crippen molar-refractivity contribution in [3.05, 3.63) is 33.7 Å². The van der Waals surface area contributed by atoms with Gasteiger partial charge in [-0.3, -0.25) is 9.89 Å². The predicted octanol–water partition coefficient (Wildman–Crippen LogP) is 2.87. The van der Waals surface area contributed by atoms with Crippen molar-refractivity contribution >= 4 is 34.9 Å². The highest BCUT2D eigenvalue weighted by atomic mass is 35.5. The van der Waals surface area contributed by atoms with Gasteiger partial charge in [0.2, 0.25) is 0 Å². The van der Waals surface area contributed by atoms with Crippen LogP contribution in [0.15, 0.2) is 12.3 Å². The molecule has 1 amide bonds. The molecule has 0 aliphatic carbocycles. The van der Waals surface area contributed by atoms with Gasteiger partial charge in [-0.05, 0) is 12.5 Å². The van der Waals surface area contributed by atoms with E-state index in [1.165, 1.54) is 10.6 Å². The molecule has 2 aromatic rings. The van der Waals surface area contributed by atoms with Crippen molar-refractivity contribution in [2.45, 2.75) is 13.3 Å². The van der Waals surface area contributed by atoms with Crippen LogP contribution in [0.25, 0.3) is 0 Å². The van der Waals surface area contributed by atoms with Gasteiger partial charge in [0.15, 0.2) is 0 Å². The summed E-state index contributed by atoms with van der Waals surface area (Å²) < 4.78 is 1.53. The largest absolute Gasteiger partial charge is 0.329 e. The van der Waals surface area contributed by atoms with Gasteiger partial charge in [0.25, 0.3) is 5.91 Å². The van der Waals surface area contributed by atoms with Crippen LogP contribution >= 0.6 is 23.2 Å². The van der Waals surface area contributed by atoms with Crippen molar-refractivity contribution in [3.63, 3.8) is 0 Å². The molecule has 0 atom stereocenters. The summed E-state index contributed by atoms with van der Waals surface area (Å²) in [6, 6.07) is 1.53. The lowest BCUT2D eigenvalue weighted by molar-refractivity contribution is 0.101. The first-order valence-corrected chi connectivity index (χ1v) is 6.14. The van der Waals surface area contributed by atoms with Gasteiger partial charge in [0.05, 0.1) is 11.2 Å². The second kappa shape index (κ2) is 5.04. The number of carbonyl (C=O) groups excluding carboxylic acids is 1.